The van der Waals surface area contributed by atoms with Crippen LogP contribution >= 0.6 is 0 Å². The number of para-hydroxylation sites is 1. The van der Waals surface area contributed by atoms with E-state index in [2.05, 4.69) is 10.2 Å². The third-order valence-electron chi connectivity index (χ3n) is 3.31. The third-order valence-corrected chi connectivity index (χ3v) is 3.31. The van der Waals surface area contributed by atoms with Gasteiger partial charge < -0.3 is 18.5 Å². The van der Waals surface area contributed by atoms with Crippen molar-refractivity contribution < 1.29 is 13.9 Å². The summed E-state index contributed by atoms with van der Waals surface area (Å²) in [5, 5.41) is 7.46. The Labute approximate surface area is 138 Å². The van der Waals surface area contributed by atoms with E-state index >= 15 is 0 Å². The first-order valence-corrected chi connectivity index (χ1v) is 7.55. The second-order valence-corrected chi connectivity index (χ2v) is 4.97. The number of hydrogen-bond donors (Lipinski definition) is 0. The maximum absolute atomic E-state index is 11.9. The van der Waals surface area contributed by atoms with Gasteiger partial charge in [-0.3, -0.25) is 4.79 Å². The molecule has 0 amide bonds. The van der Waals surface area contributed by atoms with E-state index in [0.29, 0.717) is 37.8 Å². The van der Waals surface area contributed by atoms with Crippen LogP contribution in [-0.4, -0.2) is 34.6 Å². The number of benzene rings is 1. The van der Waals surface area contributed by atoms with Crippen LogP contribution < -0.4 is 10.3 Å². The molecule has 0 fully saturated rings. The molecule has 0 atom stereocenters. The summed E-state index contributed by atoms with van der Waals surface area (Å²) in [6, 6.07) is 12.7. The van der Waals surface area contributed by atoms with E-state index in [4.69, 9.17) is 13.9 Å². The number of hydrogen-bond acceptors (Lipinski definition) is 6. The predicted octanol–water partition coefficient (Wildman–Crippen LogP) is 1.99. The summed E-state index contributed by atoms with van der Waals surface area (Å²) in [6.45, 7) is 1.76. The number of ether oxygens (including phenoxy) is 2. The van der Waals surface area contributed by atoms with Gasteiger partial charge in [0.1, 0.15) is 12.4 Å². The average molecular weight is 327 g/mol. The van der Waals surface area contributed by atoms with Crippen LogP contribution in [0.1, 0.15) is 0 Å². The van der Waals surface area contributed by atoms with Gasteiger partial charge in [-0.05, 0) is 18.2 Å². The highest BCUT2D eigenvalue weighted by molar-refractivity contribution is 5.49. The summed E-state index contributed by atoms with van der Waals surface area (Å²) < 4.78 is 17.7. The summed E-state index contributed by atoms with van der Waals surface area (Å²) in [7, 11) is 0. The van der Waals surface area contributed by atoms with Crippen LogP contribution in [0.5, 0.6) is 5.75 Å². The van der Waals surface area contributed by atoms with Crippen molar-refractivity contribution in [1.82, 2.24) is 14.8 Å². The SMILES string of the molecule is O=c1ccc(-c2nnco2)cn1CCOCCOc1ccccc1. The summed E-state index contributed by atoms with van der Waals surface area (Å²) >= 11 is 0. The molecule has 1 aromatic carbocycles. The summed E-state index contributed by atoms with van der Waals surface area (Å²) in [4.78, 5) is 11.9. The second kappa shape index (κ2) is 8.07. The van der Waals surface area contributed by atoms with Crippen molar-refractivity contribution in [3.8, 4) is 17.2 Å². The molecule has 0 N–H and O–H groups in total. The molecule has 0 bridgehead atoms. The minimum absolute atomic E-state index is 0.109. The van der Waals surface area contributed by atoms with Crippen LogP contribution in [0.3, 0.4) is 0 Å². The van der Waals surface area contributed by atoms with Crippen LogP contribution in [0.2, 0.25) is 0 Å². The molecule has 24 heavy (non-hydrogen) atoms. The minimum Gasteiger partial charge on any atom is -0.491 e. The van der Waals surface area contributed by atoms with E-state index in [1.54, 1.807) is 16.8 Å². The van der Waals surface area contributed by atoms with Gasteiger partial charge >= 0.3 is 0 Å². The topological polar surface area (TPSA) is 79.4 Å². The van der Waals surface area contributed by atoms with E-state index in [1.165, 1.54) is 12.5 Å². The molecule has 3 aromatic rings. The van der Waals surface area contributed by atoms with Gasteiger partial charge in [0.25, 0.3) is 5.56 Å². The molecule has 2 heterocycles. The van der Waals surface area contributed by atoms with Gasteiger partial charge in [0.05, 0.1) is 18.8 Å². The highest BCUT2D eigenvalue weighted by Crippen LogP contribution is 2.13. The van der Waals surface area contributed by atoms with Crippen molar-refractivity contribution >= 4 is 0 Å². The zero-order valence-electron chi connectivity index (χ0n) is 13.0. The second-order valence-electron chi connectivity index (χ2n) is 4.97. The molecular weight excluding hydrogens is 310 g/mol. The van der Waals surface area contributed by atoms with Crippen molar-refractivity contribution in [3.63, 3.8) is 0 Å². The Balaban J connectivity index is 1.45. The normalized spacial score (nSPS) is 10.7. The number of aromatic nitrogens is 3. The largest absolute Gasteiger partial charge is 0.491 e. The molecule has 0 aliphatic heterocycles. The van der Waals surface area contributed by atoms with Crippen molar-refractivity contribution in [2.45, 2.75) is 6.54 Å². The molecule has 0 aliphatic carbocycles. The molecule has 7 heteroatoms. The molecule has 7 nitrogen and oxygen atoms in total. The molecule has 0 aliphatic rings. The molecule has 0 spiro atoms. The Bertz CT molecular complexity index is 800. The fourth-order valence-electron chi connectivity index (χ4n) is 2.13. The Morgan fingerprint density at radius 2 is 1.92 bits per heavy atom. The van der Waals surface area contributed by atoms with E-state index in [-0.39, 0.29) is 5.56 Å². The molecule has 124 valence electrons. The predicted molar refractivity (Wildman–Crippen MR) is 86.8 cm³/mol. The molecular formula is C17H17N3O4. The van der Waals surface area contributed by atoms with Gasteiger partial charge in [0, 0.05) is 18.8 Å². The number of pyridine rings is 1. The summed E-state index contributed by atoms with van der Waals surface area (Å²) in [5.74, 6) is 1.19. The molecule has 0 saturated carbocycles. The Hall–Kier alpha value is -2.93. The van der Waals surface area contributed by atoms with Crippen molar-refractivity contribution in [2.75, 3.05) is 19.8 Å². The van der Waals surface area contributed by atoms with Crippen LogP contribution in [0.4, 0.5) is 0 Å². The lowest BCUT2D eigenvalue weighted by atomic mass is 10.3. The smallest absolute Gasteiger partial charge is 0.250 e. The first-order valence-electron chi connectivity index (χ1n) is 7.55. The Kier molecular flexibility index (Phi) is 5.36. The molecule has 3 rings (SSSR count). The van der Waals surface area contributed by atoms with Crippen molar-refractivity contribution in [3.05, 3.63) is 65.4 Å². The Morgan fingerprint density at radius 3 is 2.71 bits per heavy atom. The molecule has 0 saturated heterocycles. The molecule has 2 aromatic heterocycles. The lowest BCUT2D eigenvalue weighted by molar-refractivity contribution is 0.0939. The quantitative estimate of drug-likeness (QED) is 0.589. The van der Waals surface area contributed by atoms with Gasteiger partial charge in [-0.25, -0.2) is 0 Å². The van der Waals surface area contributed by atoms with Gasteiger partial charge in [-0.15, -0.1) is 10.2 Å². The van der Waals surface area contributed by atoms with E-state index in [0.717, 1.165) is 5.75 Å². The van der Waals surface area contributed by atoms with E-state index in [1.807, 2.05) is 30.3 Å². The van der Waals surface area contributed by atoms with Crippen molar-refractivity contribution in [1.29, 1.82) is 0 Å². The highest BCUT2D eigenvalue weighted by atomic mass is 16.5. The lowest BCUT2D eigenvalue weighted by Crippen LogP contribution is -2.21. The van der Waals surface area contributed by atoms with Crippen molar-refractivity contribution in [2.24, 2.45) is 0 Å². The van der Waals surface area contributed by atoms with Crippen LogP contribution in [0.15, 0.2) is 64.3 Å². The first-order chi connectivity index (χ1) is 11.8. The highest BCUT2D eigenvalue weighted by Gasteiger charge is 2.05. The number of nitrogens with zero attached hydrogens (tertiary/aromatic N) is 3. The first kappa shape index (κ1) is 15.9. The average Bonchev–Trinajstić information content (AvgIpc) is 3.15. The maximum atomic E-state index is 11.9. The zero-order chi connectivity index (χ0) is 16.6. The van der Waals surface area contributed by atoms with Gasteiger partial charge in [-0.2, -0.15) is 0 Å². The summed E-state index contributed by atoms with van der Waals surface area (Å²) in [6.07, 6.45) is 2.93. The van der Waals surface area contributed by atoms with Gasteiger partial charge in [0.15, 0.2) is 0 Å². The minimum atomic E-state index is -0.109. The third kappa shape index (κ3) is 4.30. The van der Waals surface area contributed by atoms with Crippen LogP contribution in [-0.2, 0) is 11.3 Å². The maximum Gasteiger partial charge on any atom is 0.250 e. The Morgan fingerprint density at radius 1 is 1.04 bits per heavy atom. The van der Waals surface area contributed by atoms with Crippen LogP contribution in [0, 0.1) is 0 Å². The molecule has 0 radical (unpaired) electrons. The van der Waals surface area contributed by atoms with E-state index < -0.39 is 0 Å². The fraction of sp³-hybridized carbons (Fsp3) is 0.235. The lowest BCUT2D eigenvalue weighted by Gasteiger charge is -2.09. The standard InChI is InChI=1S/C17H17N3O4/c21-16-7-6-14(17-19-18-13-24-17)12-20(16)8-9-22-10-11-23-15-4-2-1-3-5-15/h1-7,12-13H,8-11H2. The zero-order valence-corrected chi connectivity index (χ0v) is 13.0. The monoisotopic (exact) mass is 327 g/mol. The van der Waals surface area contributed by atoms with E-state index in [9.17, 15) is 4.79 Å². The van der Waals surface area contributed by atoms with Gasteiger partial charge in [-0.1, -0.05) is 18.2 Å². The fourth-order valence-corrected chi connectivity index (χ4v) is 2.13. The number of rotatable bonds is 8. The van der Waals surface area contributed by atoms with Crippen LogP contribution in [0.25, 0.3) is 11.5 Å². The summed E-state index contributed by atoms with van der Waals surface area (Å²) in [5.41, 5.74) is 0.585. The van der Waals surface area contributed by atoms with Gasteiger partial charge in [0.2, 0.25) is 12.3 Å². The molecule has 0 unspecified atom stereocenters.